The first-order chi connectivity index (χ1) is 13.2. The van der Waals surface area contributed by atoms with Crippen LogP contribution in [0.3, 0.4) is 0 Å². The lowest BCUT2D eigenvalue weighted by Crippen LogP contribution is -2.32. The Labute approximate surface area is 157 Å². The third-order valence-electron chi connectivity index (χ3n) is 5.29. The van der Waals surface area contributed by atoms with Gasteiger partial charge >= 0.3 is 5.69 Å². The lowest BCUT2D eigenvalue weighted by Gasteiger charge is -2.31. The van der Waals surface area contributed by atoms with E-state index < -0.39 is 5.69 Å². The number of nitrogens with one attached hydrogen (secondary N) is 1. The zero-order valence-corrected chi connectivity index (χ0v) is 15.3. The van der Waals surface area contributed by atoms with Crippen molar-refractivity contribution in [2.45, 2.75) is 25.7 Å². The van der Waals surface area contributed by atoms with Crippen LogP contribution in [0.25, 0.3) is 11.0 Å². The molecule has 1 aliphatic heterocycles. The highest BCUT2D eigenvalue weighted by atomic mass is 16.5. The highest BCUT2D eigenvalue weighted by Gasteiger charge is 2.20. The van der Waals surface area contributed by atoms with E-state index in [0.717, 1.165) is 38.2 Å². The minimum Gasteiger partial charge on any atom is -0.422 e. The smallest absolute Gasteiger partial charge is 0.384 e. The number of rotatable bonds is 4. The monoisotopic (exact) mass is 365 g/mol. The van der Waals surface area contributed by atoms with Crippen LogP contribution >= 0.6 is 0 Å². The van der Waals surface area contributed by atoms with Gasteiger partial charge in [0, 0.05) is 11.9 Å². The lowest BCUT2D eigenvalue weighted by molar-refractivity contribution is 0.182. The van der Waals surface area contributed by atoms with Crippen molar-refractivity contribution in [2.75, 3.05) is 25.0 Å². The Hall–Kier alpha value is -2.93. The third kappa shape index (κ3) is 3.50. The van der Waals surface area contributed by atoms with Crippen molar-refractivity contribution in [3.63, 3.8) is 0 Å². The summed E-state index contributed by atoms with van der Waals surface area (Å²) in [4.78, 5) is 22.4. The van der Waals surface area contributed by atoms with Crippen LogP contribution in [-0.2, 0) is 0 Å². The first-order valence-electron chi connectivity index (χ1n) is 9.32. The minimum atomic E-state index is -0.758. The molecule has 7 nitrogen and oxygen atoms in total. The predicted octanol–water partition coefficient (Wildman–Crippen LogP) is 2.97. The fraction of sp³-hybridized carbons (Fsp3) is 0.350. The number of fused-ring (bicyclic) bond motifs is 1. The number of aromatic nitrogens is 3. The van der Waals surface area contributed by atoms with Crippen molar-refractivity contribution < 1.29 is 5.21 Å². The molecular formula is C20H23N5O2. The number of nitrogens with zero attached hydrogens (tertiary/aromatic N) is 4. The minimum absolute atomic E-state index is 0.183. The molecule has 3 heterocycles. The molecule has 2 N–H and O–H groups in total. The van der Waals surface area contributed by atoms with Gasteiger partial charge in [-0.25, -0.2) is 9.78 Å². The number of anilines is 2. The summed E-state index contributed by atoms with van der Waals surface area (Å²) in [5.41, 5.74) is 1.60. The highest BCUT2D eigenvalue weighted by molar-refractivity contribution is 5.88. The molecule has 7 heteroatoms. The second kappa shape index (κ2) is 7.36. The summed E-state index contributed by atoms with van der Waals surface area (Å²) in [5.74, 6) is 0.942. The van der Waals surface area contributed by atoms with Gasteiger partial charge in [0.05, 0.1) is 5.39 Å². The second-order valence-corrected chi connectivity index (χ2v) is 6.89. The van der Waals surface area contributed by atoms with Gasteiger partial charge in [-0.1, -0.05) is 19.1 Å². The van der Waals surface area contributed by atoms with E-state index in [0.29, 0.717) is 21.9 Å². The van der Waals surface area contributed by atoms with E-state index in [1.807, 2.05) is 12.1 Å². The maximum atomic E-state index is 11.9. The molecule has 3 aromatic rings. The maximum Gasteiger partial charge on any atom is 0.384 e. The Kier molecular flexibility index (Phi) is 4.77. The van der Waals surface area contributed by atoms with Gasteiger partial charge in [0.1, 0.15) is 5.82 Å². The zero-order chi connectivity index (χ0) is 18.8. The van der Waals surface area contributed by atoms with Crippen LogP contribution in [0.15, 0.2) is 47.4 Å². The van der Waals surface area contributed by atoms with E-state index in [1.54, 1.807) is 12.1 Å². The number of pyridine rings is 1. The molecule has 140 valence electrons. The van der Waals surface area contributed by atoms with E-state index in [9.17, 15) is 10.0 Å². The molecule has 0 spiro atoms. The Morgan fingerprint density at radius 1 is 1.22 bits per heavy atom. The van der Waals surface area contributed by atoms with Gasteiger partial charge in [-0.3, -0.25) is 0 Å². The lowest BCUT2D eigenvalue weighted by atomic mass is 9.89. The molecule has 1 aliphatic rings. The summed E-state index contributed by atoms with van der Waals surface area (Å²) in [6.45, 7) is 5.57. The zero-order valence-electron chi connectivity index (χ0n) is 15.3. The van der Waals surface area contributed by atoms with Crippen LogP contribution in [-0.4, -0.2) is 44.4 Å². The van der Waals surface area contributed by atoms with Gasteiger partial charge in [0.15, 0.2) is 5.65 Å². The van der Waals surface area contributed by atoms with Gasteiger partial charge < -0.3 is 15.4 Å². The topological polar surface area (TPSA) is 83.3 Å². The average molecular weight is 365 g/mol. The summed E-state index contributed by atoms with van der Waals surface area (Å²) < 4.78 is 0.471. The van der Waals surface area contributed by atoms with Crippen LogP contribution in [0.4, 0.5) is 11.5 Å². The molecule has 0 amide bonds. The molecule has 0 saturated carbocycles. The summed E-state index contributed by atoms with van der Waals surface area (Å²) in [5, 5.41) is 13.7. The Morgan fingerprint density at radius 2 is 2.04 bits per heavy atom. The van der Waals surface area contributed by atoms with Gasteiger partial charge in [-0.15, -0.1) is 4.73 Å². The van der Waals surface area contributed by atoms with Crippen molar-refractivity contribution >= 4 is 22.5 Å². The van der Waals surface area contributed by atoms with Gasteiger partial charge in [0.2, 0.25) is 0 Å². The van der Waals surface area contributed by atoms with E-state index >= 15 is 0 Å². The molecular weight excluding hydrogens is 342 g/mol. The van der Waals surface area contributed by atoms with Crippen molar-refractivity contribution in [1.29, 1.82) is 0 Å². The SMILES string of the molecule is CCN1CCC(c2cccc(Nc3nc(=O)n(O)c4ncccc34)c2)CC1. The standard InChI is InChI=1S/C20H23N5O2/c1-2-24-11-8-14(9-12-24)15-5-3-6-16(13-15)22-18-17-7-4-10-21-19(17)25(27)20(26)23-18/h3-7,10,13-14,27H,2,8-9,11-12H2,1H3,(H,22,23,26). The molecule has 4 rings (SSSR count). The molecule has 27 heavy (non-hydrogen) atoms. The van der Waals surface area contributed by atoms with Gasteiger partial charge in [-0.05, 0) is 68.2 Å². The fourth-order valence-electron chi connectivity index (χ4n) is 3.73. The predicted molar refractivity (Wildman–Crippen MR) is 105 cm³/mol. The Balaban J connectivity index is 1.62. The number of hydrogen-bond donors (Lipinski definition) is 2. The average Bonchev–Trinajstić information content (AvgIpc) is 2.72. The van der Waals surface area contributed by atoms with Crippen molar-refractivity contribution in [3.8, 4) is 0 Å². The van der Waals surface area contributed by atoms with Crippen LogP contribution in [0, 0.1) is 0 Å². The molecule has 0 radical (unpaired) electrons. The van der Waals surface area contributed by atoms with E-state index in [2.05, 4.69) is 39.2 Å². The normalized spacial score (nSPS) is 15.9. The highest BCUT2D eigenvalue weighted by Crippen LogP contribution is 2.30. The first-order valence-corrected chi connectivity index (χ1v) is 9.32. The molecule has 0 bridgehead atoms. The van der Waals surface area contributed by atoms with Gasteiger partial charge in [-0.2, -0.15) is 4.98 Å². The largest absolute Gasteiger partial charge is 0.422 e. The Morgan fingerprint density at radius 3 is 2.81 bits per heavy atom. The molecule has 0 aliphatic carbocycles. The molecule has 2 aromatic heterocycles. The number of benzene rings is 1. The van der Waals surface area contributed by atoms with Crippen LogP contribution < -0.4 is 11.0 Å². The molecule has 0 atom stereocenters. The quantitative estimate of drug-likeness (QED) is 0.692. The van der Waals surface area contributed by atoms with E-state index in [-0.39, 0.29) is 5.65 Å². The number of hydrogen-bond acceptors (Lipinski definition) is 6. The first kappa shape index (κ1) is 17.5. The molecule has 1 aromatic carbocycles. The van der Waals surface area contributed by atoms with Crippen molar-refractivity contribution in [2.24, 2.45) is 0 Å². The van der Waals surface area contributed by atoms with E-state index in [1.165, 1.54) is 11.8 Å². The summed E-state index contributed by atoms with van der Waals surface area (Å²) in [6, 6.07) is 11.8. The van der Waals surface area contributed by atoms with Crippen molar-refractivity contribution in [1.82, 2.24) is 19.6 Å². The van der Waals surface area contributed by atoms with Gasteiger partial charge in [0.25, 0.3) is 0 Å². The molecule has 1 saturated heterocycles. The van der Waals surface area contributed by atoms with Crippen LogP contribution in [0.5, 0.6) is 0 Å². The Bertz CT molecular complexity index is 1010. The fourth-order valence-corrected chi connectivity index (χ4v) is 3.73. The van der Waals surface area contributed by atoms with Crippen molar-refractivity contribution in [3.05, 3.63) is 58.6 Å². The molecule has 0 unspecified atom stereocenters. The number of piperidine rings is 1. The van der Waals surface area contributed by atoms with Crippen LogP contribution in [0.2, 0.25) is 0 Å². The van der Waals surface area contributed by atoms with Crippen LogP contribution in [0.1, 0.15) is 31.2 Å². The summed E-state index contributed by atoms with van der Waals surface area (Å²) >= 11 is 0. The third-order valence-corrected chi connectivity index (χ3v) is 5.29. The maximum absolute atomic E-state index is 11.9. The molecule has 1 fully saturated rings. The number of likely N-dealkylation sites (tertiary alicyclic amines) is 1. The van der Waals surface area contributed by atoms with E-state index in [4.69, 9.17) is 0 Å². The summed E-state index contributed by atoms with van der Waals surface area (Å²) in [6.07, 6.45) is 3.84. The summed E-state index contributed by atoms with van der Waals surface area (Å²) in [7, 11) is 0. The second-order valence-electron chi connectivity index (χ2n) is 6.89.